The standard InChI is InChI=1S/C23H16O6.C9H13N/c24-20-16(14-7-3-1-5-12(14)9-18(20)22(26)27)11-17-15-8-4-2-6-13(15)10-19(21(17)25)23(28)29;1-8(10)7-9-5-3-2-4-6-9/h1-10,24-25H,11H2,(H,26,27)(H,28,29);2-6,8H,7,10H2,1H3/t;8-/m.0/s1. The molecular formula is C32H29NO6. The van der Waals surface area contributed by atoms with Crippen molar-refractivity contribution >= 4 is 33.5 Å². The maximum Gasteiger partial charge on any atom is 0.339 e. The van der Waals surface area contributed by atoms with Gasteiger partial charge >= 0.3 is 11.9 Å². The van der Waals surface area contributed by atoms with Crippen molar-refractivity contribution in [3.63, 3.8) is 0 Å². The fourth-order valence-electron chi connectivity index (χ4n) is 4.67. The Morgan fingerprint density at radius 3 is 1.51 bits per heavy atom. The third-order valence-corrected chi connectivity index (χ3v) is 6.47. The molecule has 5 rings (SSSR count). The van der Waals surface area contributed by atoms with E-state index in [4.69, 9.17) is 5.73 Å². The number of hydrogen-bond donors (Lipinski definition) is 5. The minimum atomic E-state index is -1.28. The summed E-state index contributed by atoms with van der Waals surface area (Å²) in [7, 11) is 0. The molecule has 198 valence electrons. The van der Waals surface area contributed by atoms with E-state index in [1.165, 1.54) is 17.7 Å². The van der Waals surface area contributed by atoms with Crippen molar-refractivity contribution in [1.29, 1.82) is 0 Å². The van der Waals surface area contributed by atoms with Crippen LogP contribution in [0.2, 0.25) is 0 Å². The topological polar surface area (TPSA) is 141 Å². The molecule has 0 aliphatic heterocycles. The van der Waals surface area contributed by atoms with Crippen molar-refractivity contribution in [2.45, 2.75) is 25.8 Å². The second-order valence-electron chi connectivity index (χ2n) is 9.40. The maximum atomic E-state index is 11.6. The van der Waals surface area contributed by atoms with Crippen molar-refractivity contribution in [2.75, 3.05) is 0 Å². The summed E-state index contributed by atoms with van der Waals surface area (Å²) < 4.78 is 0. The molecule has 5 aromatic rings. The van der Waals surface area contributed by atoms with Gasteiger partial charge in [-0.15, -0.1) is 0 Å². The monoisotopic (exact) mass is 523 g/mol. The van der Waals surface area contributed by atoms with E-state index in [2.05, 4.69) is 12.1 Å². The lowest BCUT2D eigenvalue weighted by molar-refractivity contribution is 0.0682. The molecule has 0 unspecified atom stereocenters. The highest BCUT2D eigenvalue weighted by Gasteiger charge is 2.22. The van der Waals surface area contributed by atoms with Crippen LogP contribution in [0, 0.1) is 0 Å². The Kier molecular flexibility index (Phi) is 8.13. The van der Waals surface area contributed by atoms with Gasteiger partial charge in [-0.1, -0.05) is 78.9 Å². The van der Waals surface area contributed by atoms with Crippen molar-refractivity contribution in [3.05, 3.63) is 119 Å². The summed E-state index contributed by atoms with van der Waals surface area (Å²) in [5.74, 6) is -3.36. The van der Waals surface area contributed by atoms with Crippen molar-refractivity contribution in [3.8, 4) is 11.5 Å². The Bertz CT molecular complexity index is 1560. The molecule has 0 amide bonds. The number of nitrogens with two attached hydrogens (primary N) is 1. The van der Waals surface area contributed by atoms with Crippen LogP contribution in [0.5, 0.6) is 11.5 Å². The van der Waals surface area contributed by atoms with Crippen LogP contribution in [-0.2, 0) is 12.8 Å². The zero-order valence-electron chi connectivity index (χ0n) is 21.3. The molecule has 0 aromatic heterocycles. The van der Waals surface area contributed by atoms with E-state index < -0.39 is 23.4 Å². The molecule has 0 aliphatic carbocycles. The Hall–Kier alpha value is -4.88. The van der Waals surface area contributed by atoms with Gasteiger partial charge in [0.05, 0.1) is 0 Å². The molecule has 0 spiro atoms. The molecule has 1 atom stereocenters. The number of phenols is 2. The highest BCUT2D eigenvalue weighted by molar-refractivity contribution is 6.02. The molecule has 0 saturated heterocycles. The summed E-state index contributed by atoms with van der Waals surface area (Å²) in [4.78, 5) is 23.2. The largest absolute Gasteiger partial charge is 0.507 e. The summed E-state index contributed by atoms with van der Waals surface area (Å²) in [5, 5.41) is 42.8. The van der Waals surface area contributed by atoms with Crippen LogP contribution in [-0.4, -0.2) is 38.4 Å². The van der Waals surface area contributed by atoms with Crippen molar-refractivity contribution in [1.82, 2.24) is 0 Å². The second kappa shape index (κ2) is 11.7. The van der Waals surface area contributed by atoms with Crippen LogP contribution < -0.4 is 5.73 Å². The van der Waals surface area contributed by atoms with E-state index in [-0.39, 0.29) is 23.6 Å². The first-order valence-corrected chi connectivity index (χ1v) is 12.4. The Morgan fingerprint density at radius 1 is 0.692 bits per heavy atom. The van der Waals surface area contributed by atoms with Gasteiger partial charge in [-0.3, -0.25) is 0 Å². The third kappa shape index (κ3) is 6.00. The van der Waals surface area contributed by atoms with Crippen molar-refractivity contribution < 1.29 is 30.0 Å². The first kappa shape index (κ1) is 27.2. The maximum absolute atomic E-state index is 11.6. The van der Waals surface area contributed by atoms with Gasteiger partial charge in [0.25, 0.3) is 0 Å². The fraction of sp³-hybridized carbons (Fsp3) is 0.125. The molecular weight excluding hydrogens is 494 g/mol. The van der Waals surface area contributed by atoms with Crippen LogP contribution in [0.1, 0.15) is 44.3 Å². The first-order chi connectivity index (χ1) is 18.7. The average molecular weight is 524 g/mol. The number of carboxylic acids is 2. The third-order valence-electron chi connectivity index (χ3n) is 6.47. The van der Waals surface area contributed by atoms with E-state index in [1.54, 1.807) is 48.5 Å². The van der Waals surface area contributed by atoms with Crippen molar-refractivity contribution in [2.24, 2.45) is 5.73 Å². The first-order valence-electron chi connectivity index (χ1n) is 12.4. The predicted octanol–water partition coefficient (Wildman–Crippen LogP) is 5.97. The van der Waals surface area contributed by atoms with Gasteiger partial charge in [0, 0.05) is 23.6 Å². The fourth-order valence-corrected chi connectivity index (χ4v) is 4.67. The van der Waals surface area contributed by atoms with Gasteiger partial charge in [0.15, 0.2) is 0 Å². The molecule has 5 aromatic carbocycles. The summed E-state index contributed by atoms with van der Waals surface area (Å²) in [5.41, 5.74) is 7.05. The molecule has 7 nitrogen and oxygen atoms in total. The highest BCUT2D eigenvalue weighted by Crippen LogP contribution is 2.38. The van der Waals surface area contributed by atoms with Crippen LogP contribution in [0.4, 0.5) is 0 Å². The molecule has 0 bridgehead atoms. The number of carbonyl (C=O) groups is 2. The molecule has 7 heteroatoms. The number of fused-ring (bicyclic) bond motifs is 2. The van der Waals surface area contributed by atoms with E-state index in [1.807, 2.05) is 25.1 Å². The highest BCUT2D eigenvalue weighted by atomic mass is 16.4. The normalized spacial score (nSPS) is 11.5. The molecule has 0 radical (unpaired) electrons. The lowest BCUT2D eigenvalue weighted by Crippen LogP contribution is -2.17. The van der Waals surface area contributed by atoms with Gasteiger partial charge < -0.3 is 26.2 Å². The van der Waals surface area contributed by atoms with Gasteiger partial charge in [0.1, 0.15) is 22.6 Å². The molecule has 0 heterocycles. The Balaban J connectivity index is 0.000000298. The quantitative estimate of drug-likeness (QED) is 0.185. The van der Waals surface area contributed by atoms with Gasteiger partial charge in [-0.05, 0) is 52.6 Å². The second-order valence-corrected chi connectivity index (χ2v) is 9.40. The zero-order chi connectivity index (χ0) is 28.1. The number of aromatic hydroxyl groups is 2. The lowest BCUT2D eigenvalue weighted by atomic mass is 9.90. The zero-order valence-corrected chi connectivity index (χ0v) is 21.3. The minimum Gasteiger partial charge on any atom is -0.507 e. The Morgan fingerprint density at radius 2 is 1.10 bits per heavy atom. The van der Waals surface area contributed by atoms with Gasteiger partial charge in [0.2, 0.25) is 0 Å². The number of carboxylic acid groups (broad SMARTS) is 2. The number of benzene rings is 5. The minimum absolute atomic E-state index is 0.0407. The summed E-state index contributed by atoms with van der Waals surface area (Å²) in [6.45, 7) is 2.02. The molecule has 0 fully saturated rings. The Labute approximate surface area is 225 Å². The van der Waals surface area contributed by atoms with Crippen LogP contribution in [0.15, 0.2) is 91.0 Å². The van der Waals surface area contributed by atoms with Crippen LogP contribution in [0.3, 0.4) is 0 Å². The summed E-state index contributed by atoms with van der Waals surface area (Å²) >= 11 is 0. The number of aromatic carboxylic acids is 2. The molecule has 6 N–H and O–H groups in total. The lowest BCUT2D eigenvalue weighted by Gasteiger charge is -2.16. The molecule has 39 heavy (non-hydrogen) atoms. The molecule has 0 aliphatic rings. The molecule has 0 saturated carbocycles. The van der Waals surface area contributed by atoms with Gasteiger partial charge in [-0.2, -0.15) is 0 Å². The van der Waals surface area contributed by atoms with Crippen LogP contribution in [0.25, 0.3) is 21.5 Å². The van der Waals surface area contributed by atoms with Crippen LogP contribution >= 0.6 is 0 Å². The van der Waals surface area contributed by atoms with Gasteiger partial charge in [-0.25, -0.2) is 9.59 Å². The predicted molar refractivity (Wildman–Crippen MR) is 152 cm³/mol. The summed E-state index contributed by atoms with van der Waals surface area (Å²) in [6, 6.07) is 27.3. The number of hydrogen-bond acceptors (Lipinski definition) is 5. The van der Waals surface area contributed by atoms with E-state index in [0.29, 0.717) is 32.7 Å². The summed E-state index contributed by atoms with van der Waals surface area (Å²) in [6.07, 6.45) is 0.932. The van der Waals surface area contributed by atoms with E-state index in [0.717, 1.165) is 6.42 Å². The average Bonchev–Trinajstić information content (AvgIpc) is 2.91. The van der Waals surface area contributed by atoms with E-state index in [9.17, 15) is 30.0 Å². The SMILES string of the molecule is C[C@H](N)Cc1ccccc1.O=C(O)c1cc2ccccc2c(Cc2c(O)c(C(=O)O)cc3ccccc23)c1O. The smallest absolute Gasteiger partial charge is 0.339 e. The number of rotatable bonds is 6. The van der Waals surface area contributed by atoms with E-state index >= 15 is 0 Å².